The standard InChI is InChI=1S/C4H9N3O/c1-3-6-7-4(8)5-2/h3H,1-2H3,(H2,5,7,8). The number of amides is 2. The second-order valence-electron chi connectivity index (χ2n) is 1.08. The van der Waals surface area contributed by atoms with E-state index in [9.17, 15) is 4.79 Å². The first-order valence-corrected chi connectivity index (χ1v) is 2.26. The lowest BCUT2D eigenvalue weighted by molar-refractivity contribution is 0.243. The van der Waals surface area contributed by atoms with Crippen LogP contribution in [0.1, 0.15) is 6.92 Å². The van der Waals surface area contributed by atoms with Crippen LogP contribution in [0.5, 0.6) is 0 Å². The molecule has 0 rings (SSSR count). The van der Waals surface area contributed by atoms with Gasteiger partial charge < -0.3 is 5.32 Å². The van der Waals surface area contributed by atoms with Crippen LogP contribution in [0.15, 0.2) is 5.10 Å². The first-order chi connectivity index (χ1) is 3.81. The molecule has 0 aliphatic rings. The van der Waals surface area contributed by atoms with Gasteiger partial charge in [-0.25, -0.2) is 10.2 Å². The molecule has 0 fully saturated rings. The fourth-order valence-electron chi connectivity index (χ4n) is 0.179. The van der Waals surface area contributed by atoms with Gasteiger partial charge in [0.15, 0.2) is 0 Å². The molecule has 0 aliphatic carbocycles. The minimum atomic E-state index is -0.303. The molecule has 0 aliphatic heterocycles. The van der Waals surface area contributed by atoms with E-state index in [0.29, 0.717) is 0 Å². The zero-order chi connectivity index (χ0) is 6.41. The van der Waals surface area contributed by atoms with Gasteiger partial charge in [-0.05, 0) is 6.92 Å². The molecular formula is C4H9N3O. The summed E-state index contributed by atoms with van der Waals surface area (Å²) in [7, 11) is 1.53. The zero-order valence-electron chi connectivity index (χ0n) is 4.93. The van der Waals surface area contributed by atoms with Crippen LogP contribution in [0, 0.1) is 0 Å². The Morgan fingerprint density at radius 1 is 1.75 bits per heavy atom. The van der Waals surface area contributed by atoms with E-state index in [0.717, 1.165) is 0 Å². The van der Waals surface area contributed by atoms with E-state index in [1.165, 1.54) is 13.3 Å². The van der Waals surface area contributed by atoms with Crippen molar-refractivity contribution in [2.24, 2.45) is 5.10 Å². The molecule has 0 aromatic heterocycles. The van der Waals surface area contributed by atoms with Crippen molar-refractivity contribution in [3.05, 3.63) is 0 Å². The van der Waals surface area contributed by atoms with Crippen molar-refractivity contribution in [3.8, 4) is 0 Å². The highest BCUT2D eigenvalue weighted by atomic mass is 16.2. The van der Waals surface area contributed by atoms with Crippen LogP contribution in [0.3, 0.4) is 0 Å². The maximum absolute atomic E-state index is 10.2. The van der Waals surface area contributed by atoms with Crippen molar-refractivity contribution in [2.45, 2.75) is 6.92 Å². The van der Waals surface area contributed by atoms with Gasteiger partial charge in [0.2, 0.25) is 0 Å². The number of urea groups is 1. The van der Waals surface area contributed by atoms with Gasteiger partial charge in [-0.1, -0.05) is 0 Å². The Kier molecular flexibility index (Phi) is 3.56. The van der Waals surface area contributed by atoms with Gasteiger partial charge in [0, 0.05) is 13.3 Å². The summed E-state index contributed by atoms with van der Waals surface area (Å²) in [6.07, 6.45) is 1.50. The number of carbonyl (C=O) groups is 1. The minimum absolute atomic E-state index is 0.303. The van der Waals surface area contributed by atoms with Crippen LogP contribution in [0.4, 0.5) is 4.79 Å². The molecule has 0 spiro atoms. The molecule has 4 heteroatoms. The molecule has 0 saturated heterocycles. The van der Waals surface area contributed by atoms with E-state index in [4.69, 9.17) is 0 Å². The Labute approximate surface area is 48.0 Å². The first-order valence-electron chi connectivity index (χ1n) is 2.26. The van der Waals surface area contributed by atoms with Gasteiger partial charge in [-0.2, -0.15) is 5.10 Å². The molecule has 0 aromatic rings. The van der Waals surface area contributed by atoms with Crippen molar-refractivity contribution in [2.75, 3.05) is 7.05 Å². The normalized spacial score (nSPS) is 9.25. The average molecular weight is 115 g/mol. The SMILES string of the molecule is CC=NNC(=O)NC. The summed E-state index contributed by atoms with van der Waals surface area (Å²) in [5, 5.41) is 5.79. The van der Waals surface area contributed by atoms with Gasteiger partial charge in [0.25, 0.3) is 0 Å². The molecule has 2 N–H and O–H groups in total. The van der Waals surface area contributed by atoms with Gasteiger partial charge >= 0.3 is 6.03 Å². The minimum Gasteiger partial charge on any atom is -0.340 e. The number of hydrazone groups is 1. The Balaban J connectivity index is 3.25. The average Bonchev–Trinajstić information content (AvgIpc) is 1.83. The lowest BCUT2D eigenvalue weighted by Crippen LogP contribution is -2.28. The number of rotatable bonds is 1. The van der Waals surface area contributed by atoms with Crippen molar-refractivity contribution in [3.63, 3.8) is 0 Å². The summed E-state index contributed by atoms with van der Waals surface area (Å²) in [5.41, 5.74) is 2.20. The van der Waals surface area contributed by atoms with Gasteiger partial charge in [0.1, 0.15) is 0 Å². The molecule has 46 valence electrons. The largest absolute Gasteiger partial charge is 0.340 e. The molecule has 0 bridgehead atoms. The molecule has 0 atom stereocenters. The Morgan fingerprint density at radius 3 is 2.75 bits per heavy atom. The van der Waals surface area contributed by atoms with E-state index >= 15 is 0 Å². The molecule has 0 aromatic carbocycles. The van der Waals surface area contributed by atoms with Crippen LogP contribution in [0.25, 0.3) is 0 Å². The topological polar surface area (TPSA) is 53.5 Å². The maximum atomic E-state index is 10.2. The van der Waals surface area contributed by atoms with E-state index in [1.807, 2.05) is 0 Å². The van der Waals surface area contributed by atoms with Crippen LogP contribution >= 0.6 is 0 Å². The van der Waals surface area contributed by atoms with E-state index < -0.39 is 0 Å². The smallest absolute Gasteiger partial charge is 0.334 e. The summed E-state index contributed by atoms with van der Waals surface area (Å²) >= 11 is 0. The number of nitrogens with zero attached hydrogens (tertiary/aromatic N) is 1. The van der Waals surface area contributed by atoms with Crippen LogP contribution < -0.4 is 10.7 Å². The molecule has 8 heavy (non-hydrogen) atoms. The molecule has 0 heterocycles. The number of carbonyl (C=O) groups excluding carboxylic acids is 1. The highest BCUT2D eigenvalue weighted by molar-refractivity contribution is 5.74. The van der Waals surface area contributed by atoms with Crippen molar-refractivity contribution >= 4 is 12.2 Å². The first kappa shape index (κ1) is 6.94. The third kappa shape index (κ3) is 3.14. The van der Waals surface area contributed by atoms with Crippen LogP contribution in [0.2, 0.25) is 0 Å². The van der Waals surface area contributed by atoms with E-state index in [-0.39, 0.29) is 6.03 Å². The van der Waals surface area contributed by atoms with E-state index in [2.05, 4.69) is 15.8 Å². The summed E-state index contributed by atoms with van der Waals surface area (Å²) in [6.45, 7) is 1.72. The number of nitrogens with one attached hydrogen (secondary N) is 2. The molecule has 0 radical (unpaired) electrons. The van der Waals surface area contributed by atoms with Crippen molar-refractivity contribution in [1.82, 2.24) is 10.7 Å². The highest BCUT2D eigenvalue weighted by Crippen LogP contribution is 1.58. The fraction of sp³-hybridized carbons (Fsp3) is 0.500. The van der Waals surface area contributed by atoms with Crippen LogP contribution in [-0.2, 0) is 0 Å². The molecular weight excluding hydrogens is 106 g/mol. The molecule has 0 unspecified atom stereocenters. The number of hydrogen-bond acceptors (Lipinski definition) is 2. The summed E-state index contributed by atoms with van der Waals surface area (Å²) in [4.78, 5) is 10.2. The Morgan fingerprint density at radius 2 is 2.38 bits per heavy atom. The van der Waals surface area contributed by atoms with Gasteiger partial charge in [0.05, 0.1) is 0 Å². The maximum Gasteiger partial charge on any atom is 0.334 e. The molecule has 2 amide bonds. The van der Waals surface area contributed by atoms with Gasteiger partial charge in [-0.3, -0.25) is 0 Å². The molecule has 4 nitrogen and oxygen atoms in total. The lowest BCUT2D eigenvalue weighted by Gasteiger charge is -1.92. The monoisotopic (exact) mass is 115 g/mol. The van der Waals surface area contributed by atoms with Crippen molar-refractivity contribution in [1.29, 1.82) is 0 Å². The Bertz CT molecular complexity index is 99.5. The highest BCUT2D eigenvalue weighted by Gasteiger charge is 1.86. The zero-order valence-corrected chi connectivity index (χ0v) is 4.93. The Hall–Kier alpha value is -1.06. The van der Waals surface area contributed by atoms with Gasteiger partial charge in [-0.15, -0.1) is 0 Å². The van der Waals surface area contributed by atoms with E-state index in [1.54, 1.807) is 6.92 Å². The fourth-order valence-corrected chi connectivity index (χ4v) is 0.179. The summed E-state index contributed by atoms with van der Waals surface area (Å²) in [5.74, 6) is 0. The third-order valence-corrected chi connectivity index (χ3v) is 0.522. The molecule has 0 saturated carbocycles. The second-order valence-corrected chi connectivity index (χ2v) is 1.08. The van der Waals surface area contributed by atoms with Crippen LogP contribution in [-0.4, -0.2) is 19.3 Å². The quantitative estimate of drug-likeness (QED) is 0.364. The van der Waals surface area contributed by atoms with Crippen molar-refractivity contribution < 1.29 is 4.79 Å². The lowest BCUT2D eigenvalue weighted by atomic mass is 10.9. The third-order valence-electron chi connectivity index (χ3n) is 0.522. The summed E-state index contributed by atoms with van der Waals surface area (Å²) < 4.78 is 0. The summed E-state index contributed by atoms with van der Waals surface area (Å²) in [6, 6.07) is -0.303. The number of hydrogen-bond donors (Lipinski definition) is 2. The predicted octanol–water partition coefficient (Wildman–Crippen LogP) is -0.0789. The predicted molar refractivity (Wildman–Crippen MR) is 31.8 cm³/mol. The second kappa shape index (κ2) is 4.11.